The first kappa shape index (κ1) is 19.4. The molecule has 2 N–H and O–H groups in total. The Balaban J connectivity index is 1.50. The SMILES string of the molecule is CCOc1ccc(CCCC(=O)N/N=C\c2c(O)ccc3ccccc23)cc1. The number of phenolic OH excluding ortho intramolecular Hbond substituents is 1. The number of hydrogen-bond acceptors (Lipinski definition) is 4. The summed E-state index contributed by atoms with van der Waals surface area (Å²) in [6.45, 7) is 2.60. The standard InChI is InChI=1S/C23H24N2O3/c1-2-28-19-13-10-17(11-14-19)6-5-9-23(27)25-24-16-21-20-8-4-3-7-18(20)12-15-22(21)26/h3-4,7-8,10-16,26H,2,5-6,9H2,1H3,(H,25,27)/b24-16-. The molecule has 0 atom stereocenters. The lowest BCUT2D eigenvalue weighted by Crippen LogP contribution is -2.17. The predicted octanol–water partition coefficient (Wildman–Crippen LogP) is 4.42. The Morgan fingerprint density at radius 3 is 2.68 bits per heavy atom. The van der Waals surface area contributed by atoms with Gasteiger partial charge in [-0.05, 0) is 54.3 Å². The quantitative estimate of drug-likeness (QED) is 0.452. The van der Waals surface area contributed by atoms with Crippen molar-refractivity contribution in [1.82, 2.24) is 5.43 Å². The minimum Gasteiger partial charge on any atom is -0.507 e. The lowest BCUT2D eigenvalue weighted by Gasteiger charge is -2.06. The fourth-order valence-electron chi connectivity index (χ4n) is 3.02. The second-order valence-electron chi connectivity index (χ2n) is 6.44. The Bertz CT molecular complexity index is 965. The fourth-order valence-corrected chi connectivity index (χ4v) is 3.02. The van der Waals surface area contributed by atoms with E-state index >= 15 is 0 Å². The van der Waals surface area contributed by atoms with Crippen LogP contribution < -0.4 is 10.2 Å². The van der Waals surface area contributed by atoms with Gasteiger partial charge in [0.25, 0.3) is 0 Å². The zero-order chi connectivity index (χ0) is 19.8. The summed E-state index contributed by atoms with van der Waals surface area (Å²) < 4.78 is 5.42. The summed E-state index contributed by atoms with van der Waals surface area (Å²) in [5.41, 5.74) is 4.29. The third kappa shape index (κ3) is 5.10. The zero-order valence-electron chi connectivity index (χ0n) is 15.9. The highest BCUT2D eigenvalue weighted by atomic mass is 16.5. The number of aromatic hydroxyl groups is 1. The van der Waals surface area contributed by atoms with Gasteiger partial charge < -0.3 is 9.84 Å². The van der Waals surface area contributed by atoms with E-state index in [4.69, 9.17) is 4.74 Å². The molecule has 3 aromatic rings. The van der Waals surface area contributed by atoms with Crippen molar-refractivity contribution in [2.75, 3.05) is 6.61 Å². The van der Waals surface area contributed by atoms with E-state index < -0.39 is 0 Å². The molecule has 5 heteroatoms. The molecule has 0 aliphatic heterocycles. The number of amides is 1. The predicted molar refractivity (Wildman–Crippen MR) is 112 cm³/mol. The number of carbonyl (C=O) groups excluding carboxylic acids is 1. The summed E-state index contributed by atoms with van der Waals surface area (Å²) in [6, 6.07) is 19.1. The molecule has 0 aliphatic carbocycles. The molecule has 0 radical (unpaired) electrons. The van der Waals surface area contributed by atoms with Gasteiger partial charge in [-0.25, -0.2) is 5.43 Å². The summed E-state index contributed by atoms with van der Waals surface area (Å²) in [5, 5.41) is 16.0. The van der Waals surface area contributed by atoms with E-state index in [9.17, 15) is 9.90 Å². The molecule has 0 saturated carbocycles. The first-order valence-corrected chi connectivity index (χ1v) is 9.41. The Morgan fingerprint density at radius 1 is 1.11 bits per heavy atom. The molecule has 0 aromatic heterocycles. The van der Waals surface area contributed by atoms with Crippen molar-refractivity contribution in [2.45, 2.75) is 26.2 Å². The molecule has 0 spiro atoms. The van der Waals surface area contributed by atoms with E-state index in [2.05, 4.69) is 10.5 Å². The number of hydrazone groups is 1. The van der Waals surface area contributed by atoms with Crippen LogP contribution in [0.25, 0.3) is 10.8 Å². The fraction of sp³-hybridized carbons (Fsp3) is 0.217. The van der Waals surface area contributed by atoms with Crippen LogP contribution in [0, 0.1) is 0 Å². The van der Waals surface area contributed by atoms with Crippen LogP contribution in [0.4, 0.5) is 0 Å². The number of ether oxygens (including phenoxy) is 1. The van der Waals surface area contributed by atoms with Crippen molar-refractivity contribution in [3.05, 3.63) is 71.8 Å². The van der Waals surface area contributed by atoms with E-state index in [0.717, 1.165) is 29.4 Å². The third-order valence-corrected chi connectivity index (χ3v) is 4.43. The normalized spacial score (nSPS) is 11.0. The van der Waals surface area contributed by atoms with Gasteiger partial charge >= 0.3 is 0 Å². The van der Waals surface area contributed by atoms with Crippen molar-refractivity contribution < 1.29 is 14.6 Å². The Hall–Kier alpha value is -3.34. The van der Waals surface area contributed by atoms with E-state index in [-0.39, 0.29) is 11.7 Å². The summed E-state index contributed by atoms with van der Waals surface area (Å²) in [5.74, 6) is 0.837. The van der Waals surface area contributed by atoms with Gasteiger partial charge in [0, 0.05) is 12.0 Å². The number of aryl methyl sites for hydroxylation is 1. The maximum atomic E-state index is 12.0. The molecule has 5 nitrogen and oxygen atoms in total. The summed E-state index contributed by atoms with van der Waals surface area (Å²) in [6.07, 6.45) is 3.41. The molecule has 0 heterocycles. The maximum Gasteiger partial charge on any atom is 0.240 e. The van der Waals surface area contributed by atoms with Crippen LogP contribution in [0.1, 0.15) is 30.9 Å². The van der Waals surface area contributed by atoms with E-state index in [1.54, 1.807) is 6.07 Å². The number of nitrogens with zero attached hydrogens (tertiary/aromatic N) is 1. The number of carbonyl (C=O) groups is 1. The second kappa shape index (κ2) is 9.55. The summed E-state index contributed by atoms with van der Waals surface area (Å²) >= 11 is 0. The average molecular weight is 376 g/mol. The molecule has 3 rings (SSSR count). The molecule has 28 heavy (non-hydrogen) atoms. The maximum absolute atomic E-state index is 12.0. The molecule has 0 fully saturated rings. The molecule has 144 valence electrons. The highest BCUT2D eigenvalue weighted by Crippen LogP contribution is 2.25. The van der Waals surface area contributed by atoms with Crippen LogP contribution in [-0.2, 0) is 11.2 Å². The van der Waals surface area contributed by atoms with Crippen molar-refractivity contribution >= 4 is 22.9 Å². The number of benzene rings is 3. The van der Waals surface area contributed by atoms with Crippen molar-refractivity contribution in [3.63, 3.8) is 0 Å². The molecular weight excluding hydrogens is 352 g/mol. The highest BCUT2D eigenvalue weighted by molar-refractivity contribution is 6.02. The van der Waals surface area contributed by atoms with Crippen LogP contribution in [0.15, 0.2) is 65.8 Å². The first-order valence-electron chi connectivity index (χ1n) is 9.41. The Morgan fingerprint density at radius 2 is 1.89 bits per heavy atom. The van der Waals surface area contributed by atoms with Crippen LogP contribution >= 0.6 is 0 Å². The first-order chi connectivity index (χ1) is 13.7. The van der Waals surface area contributed by atoms with Gasteiger partial charge in [0.05, 0.1) is 12.8 Å². The molecule has 0 bridgehead atoms. The van der Waals surface area contributed by atoms with Gasteiger partial charge in [-0.15, -0.1) is 0 Å². The molecule has 0 saturated heterocycles. The topological polar surface area (TPSA) is 70.9 Å². The van der Waals surface area contributed by atoms with Crippen molar-refractivity contribution in [3.8, 4) is 11.5 Å². The Kier molecular flexibility index (Phi) is 6.63. The van der Waals surface area contributed by atoms with E-state index in [1.165, 1.54) is 11.8 Å². The summed E-state index contributed by atoms with van der Waals surface area (Å²) in [7, 11) is 0. The molecule has 0 unspecified atom stereocenters. The third-order valence-electron chi connectivity index (χ3n) is 4.43. The van der Waals surface area contributed by atoms with Gasteiger partial charge in [0.2, 0.25) is 5.91 Å². The van der Waals surface area contributed by atoms with E-state index in [0.29, 0.717) is 18.6 Å². The second-order valence-corrected chi connectivity index (χ2v) is 6.44. The largest absolute Gasteiger partial charge is 0.507 e. The van der Waals surface area contributed by atoms with Gasteiger partial charge in [-0.1, -0.05) is 42.5 Å². The number of nitrogens with one attached hydrogen (secondary N) is 1. The van der Waals surface area contributed by atoms with E-state index in [1.807, 2.05) is 61.5 Å². The van der Waals surface area contributed by atoms with Gasteiger partial charge in [0.1, 0.15) is 11.5 Å². The molecule has 0 aliphatic rings. The lowest BCUT2D eigenvalue weighted by atomic mass is 10.0. The number of hydrogen-bond donors (Lipinski definition) is 2. The van der Waals surface area contributed by atoms with Gasteiger partial charge in [-0.2, -0.15) is 5.10 Å². The summed E-state index contributed by atoms with van der Waals surface area (Å²) in [4.78, 5) is 12.0. The van der Waals surface area contributed by atoms with Gasteiger partial charge in [0.15, 0.2) is 0 Å². The minimum absolute atomic E-state index is 0.132. The lowest BCUT2D eigenvalue weighted by molar-refractivity contribution is -0.121. The molecule has 3 aromatic carbocycles. The van der Waals surface area contributed by atoms with Crippen molar-refractivity contribution in [2.24, 2.45) is 5.10 Å². The molecular formula is C23H24N2O3. The minimum atomic E-state index is -0.151. The number of rotatable bonds is 8. The van der Waals surface area contributed by atoms with Crippen LogP contribution in [-0.4, -0.2) is 23.8 Å². The monoisotopic (exact) mass is 376 g/mol. The van der Waals surface area contributed by atoms with Crippen LogP contribution in [0.2, 0.25) is 0 Å². The number of fused-ring (bicyclic) bond motifs is 1. The smallest absolute Gasteiger partial charge is 0.240 e. The van der Waals surface area contributed by atoms with Crippen LogP contribution in [0.5, 0.6) is 11.5 Å². The van der Waals surface area contributed by atoms with Crippen molar-refractivity contribution in [1.29, 1.82) is 0 Å². The average Bonchev–Trinajstić information content (AvgIpc) is 2.71. The van der Waals surface area contributed by atoms with Crippen LogP contribution in [0.3, 0.4) is 0 Å². The number of phenols is 1. The Labute approximate surface area is 164 Å². The van der Waals surface area contributed by atoms with Gasteiger partial charge in [-0.3, -0.25) is 4.79 Å². The molecule has 1 amide bonds. The zero-order valence-corrected chi connectivity index (χ0v) is 15.9. The highest BCUT2D eigenvalue weighted by Gasteiger charge is 2.05.